The van der Waals surface area contributed by atoms with E-state index in [4.69, 9.17) is 0 Å². The van der Waals surface area contributed by atoms with Crippen LogP contribution in [-0.4, -0.2) is 12.0 Å². The van der Waals surface area contributed by atoms with Crippen LogP contribution in [0, 0.1) is 18.8 Å². The summed E-state index contributed by atoms with van der Waals surface area (Å²) in [6, 6.07) is 46.5. The van der Waals surface area contributed by atoms with Crippen molar-refractivity contribution in [3.63, 3.8) is 0 Å². The monoisotopic (exact) mass is 736 g/mol. The van der Waals surface area contributed by atoms with Crippen LogP contribution in [0.5, 0.6) is 0 Å². The van der Waals surface area contributed by atoms with Gasteiger partial charge in [0.15, 0.2) is 0 Å². The van der Waals surface area contributed by atoms with Crippen molar-refractivity contribution in [2.75, 3.05) is 21.7 Å². The van der Waals surface area contributed by atoms with Gasteiger partial charge in [0.25, 0.3) is 0 Å². The maximum Gasteiger partial charge on any atom is 3.00 e. The Bertz CT molecular complexity index is 1820. The normalized spacial score (nSPS) is 12.8. The Morgan fingerprint density at radius 3 is 2.23 bits per heavy atom. The summed E-state index contributed by atoms with van der Waals surface area (Å²) in [4.78, 5) is 11.1. The molecule has 5 heteroatoms. The maximum atomic E-state index is 4.22. The molecule has 4 nitrogen and oxygen atoms in total. The SMILES string of the molecule is CC(C)c1ccc(N2[CH-]N3c4[c-]cc5ccccc5c4N(C)c4cccc2c43)cc1.[Ir+3].[c-]1ccccc1-c1ccccn1. The molecular weight excluding hydrogens is 705 g/mol. The van der Waals surface area contributed by atoms with Crippen LogP contribution in [-0.2, 0) is 20.1 Å². The van der Waals surface area contributed by atoms with E-state index < -0.39 is 0 Å². The number of hydrogen-bond donors (Lipinski definition) is 0. The second-order valence-electron chi connectivity index (χ2n) is 10.9. The zero-order valence-corrected chi connectivity index (χ0v) is 26.7. The molecule has 2 aliphatic heterocycles. The van der Waals surface area contributed by atoms with Crippen molar-refractivity contribution in [3.05, 3.63) is 146 Å². The van der Waals surface area contributed by atoms with E-state index in [1.165, 1.54) is 44.8 Å². The molecular formula is C38H31IrN4. The van der Waals surface area contributed by atoms with E-state index in [2.05, 4.69) is 132 Å². The van der Waals surface area contributed by atoms with Crippen molar-refractivity contribution in [1.29, 1.82) is 0 Å². The topological polar surface area (TPSA) is 22.6 Å². The minimum absolute atomic E-state index is 0. The number of fused-ring (bicyclic) bond motifs is 4. The fraction of sp³-hybridized carbons (Fsp3) is 0.105. The summed E-state index contributed by atoms with van der Waals surface area (Å²) in [5.74, 6) is 0.530. The summed E-state index contributed by atoms with van der Waals surface area (Å²) in [6.45, 7) is 6.67. The summed E-state index contributed by atoms with van der Waals surface area (Å²) in [5, 5.41) is 2.46. The van der Waals surface area contributed by atoms with Crippen LogP contribution in [0.3, 0.4) is 0 Å². The molecule has 43 heavy (non-hydrogen) atoms. The first kappa shape index (κ1) is 28.7. The summed E-state index contributed by atoms with van der Waals surface area (Å²) >= 11 is 0. The first-order valence-corrected chi connectivity index (χ1v) is 14.3. The van der Waals surface area contributed by atoms with E-state index in [0.29, 0.717) is 5.92 Å². The second-order valence-corrected chi connectivity index (χ2v) is 10.9. The van der Waals surface area contributed by atoms with Crippen molar-refractivity contribution in [2.24, 2.45) is 0 Å². The van der Waals surface area contributed by atoms with Crippen molar-refractivity contribution in [3.8, 4) is 11.3 Å². The average Bonchev–Trinajstić information content (AvgIpc) is 3.45. The Balaban J connectivity index is 0.000000213. The van der Waals surface area contributed by atoms with Crippen LogP contribution < -0.4 is 14.7 Å². The third-order valence-corrected chi connectivity index (χ3v) is 7.95. The number of anilines is 6. The minimum atomic E-state index is 0. The molecule has 5 aromatic carbocycles. The second kappa shape index (κ2) is 12.0. The van der Waals surface area contributed by atoms with Gasteiger partial charge in [0.2, 0.25) is 0 Å². The maximum absolute atomic E-state index is 4.22. The number of nitrogens with zero attached hydrogens (tertiary/aromatic N) is 4. The largest absolute Gasteiger partial charge is 3.00 e. The molecule has 1 aromatic heterocycles. The summed E-state index contributed by atoms with van der Waals surface area (Å²) in [6.07, 6.45) is 1.79. The smallest absolute Gasteiger partial charge is 0.490 e. The van der Waals surface area contributed by atoms with Crippen LogP contribution in [0.15, 0.2) is 121 Å². The zero-order valence-electron chi connectivity index (χ0n) is 24.3. The third-order valence-electron chi connectivity index (χ3n) is 7.95. The van der Waals surface area contributed by atoms with E-state index in [1.807, 2.05) is 42.5 Å². The summed E-state index contributed by atoms with van der Waals surface area (Å²) in [7, 11) is 2.16. The average molecular weight is 736 g/mol. The van der Waals surface area contributed by atoms with Gasteiger partial charge < -0.3 is 19.7 Å². The molecule has 0 unspecified atom stereocenters. The Kier molecular flexibility index (Phi) is 8.03. The number of pyridine rings is 1. The van der Waals surface area contributed by atoms with Crippen molar-refractivity contribution < 1.29 is 20.1 Å². The fourth-order valence-electron chi connectivity index (χ4n) is 5.76. The number of rotatable bonds is 3. The van der Waals surface area contributed by atoms with Gasteiger partial charge in [-0.1, -0.05) is 68.1 Å². The molecule has 6 aromatic rings. The first-order chi connectivity index (χ1) is 20.6. The van der Waals surface area contributed by atoms with Crippen LogP contribution in [0.1, 0.15) is 25.3 Å². The van der Waals surface area contributed by atoms with E-state index in [9.17, 15) is 0 Å². The van der Waals surface area contributed by atoms with Gasteiger partial charge in [-0.2, -0.15) is 12.1 Å². The van der Waals surface area contributed by atoms with Gasteiger partial charge in [0, 0.05) is 17.6 Å². The van der Waals surface area contributed by atoms with Gasteiger partial charge in [0.1, 0.15) is 0 Å². The van der Waals surface area contributed by atoms with Crippen molar-refractivity contribution >= 4 is 44.9 Å². The van der Waals surface area contributed by atoms with Gasteiger partial charge in [-0.3, -0.25) is 0 Å². The third kappa shape index (κ3) is 5.20. The Hall–Kier alpha value is -4.44. The molecule has 0 bridgehead atoms. The van der Waals surface area contributed by atoms with Crippen LogP contribution in [0.25, 0.3) is 22.0 Å². The number of aromatic nitrogens is 1. The minimum Gasteiger partial charge on any atom is -0.490 e. The molecule has 2 aliphatic rings. The van der Waals surface area contributed by atoms with E-state index in [0.717, 1.165) is 16.9 Å². The molecule has 0 saturated carbocycles. The van der Waals surface area contributed by atoms with Crippen molar-refractivity contribution in [2.45, 2.75) is 19.8 Å². The molecule has 0 fully saturated rings. The predicted molar refractivity (Wildman–Crippen MR) is 175 cm³/mol. The Labute approximate surface area is 267 Å². The molecule has 8 rings (SSSR count). The van der Waals surface area contributed by atoms with Gasteiger partial charge in [-0.05, 0) is 60.2 Å². The number of benzene rings is 5. The molecule has 0 atom stereocenters. The van der Waals surface area contributed by atoms with Gasteiger partial charge in [0.05, 0.1) is 11.4 Å². The van der Waals surface area contributed by atoms with E-state index >= 15 is 0 Å². The Morgan fingerprint density at radius 1 is 0.721 bits per heavy atom. The van der Waals surface area contributed by atoms with Gasteiger partial charge in [-0.15, -0.1) is 59.4 Å². The molecule has 0 amide bonds. The number of hydrogen-bond acceptors (Lipinski definition) is 4. The van der Waals surface area contributed by atoms with Gasteiger partial charge in [-0.25, -0.2) is 0 Å². The molecule has 212 valence electrons. The zero-order chi connectivity index (χ0) is 28.6. The molecule has 0 N–H and O–H groups in total. The van der Waals surface area contributed by atoms with E-state index in [-0.39, 0.29) is 20.1 Å². The summed E-state index contributed by atoms with van der Waals surface area (Å²) < 4.78 is 0. The predicted octanol–water partition coefficient (Wildman–Crippen LogP) is 9.80. The standard InChI is InChI=1S/C27H23N3.C11H8N.Ir/c1-18(2)19-11-14-21(15-12-19)29-17-30-25-16-13-20-7-4-5-8-22(20)26(25)28(3)23-9-6-10-24(29)27(23)30;1-2-6-10(7-3-1)11-8-4-5-9-12-11;/h4-15,17-18H,1-3H3;1-6,8-9H;/q-2;-1;+3. The van der Waals surface area contributed by atoms with Crippen LogP contribution in [0.4, 0.5) is 34.1 Å². The van der Waals surface area contributed by atoms with Crippen LogP contribution >= 0.6 is 0 Å². The molecule has 0 aliphatic carbocycles. The Morgan fingerprint density at radius 2 is 1.49 bits per heavy atom. The molecule has 0 radical (unpaired) electrons. The summed E-state index contributed by atoms with van der Waals surface area (Å²) in [5.41, 5.74) is 10.5. The fourth-order valence-corrected chi connectivity index (χ4v) is 5.76. The van der Waals surface area contributed by atoms with Gasteiger partial charge >= 0.3 is 20.1 Å². The quantitative estimate of drug-likeness (QED) is 0.169. The molecule has 0 saturated heterocycles. The van der Waals surface area contributed by atoms with E-state index in [1.54, 1.807) is 6.20 Å². The van der Waals surface area contributed by atoms with Crippen molar-refractivity contribution in [1.82, 2.24) is 4.98 Å². The molecule has 0 spiro atoms. The molecule has 3 heterocycles. The number of para-hydroxylation sites is 1. The first-order valence-electron chi connectivity index (χ1n) is 14.3. The van der Waals surface area contributed by atoms with Crippen LogP contribution in [0.2, 0.25) is 0 Å².